The molecule has 6 nitrogen and oxygen atoms in total. The Morgan fingerprint density at radius 3 is 0.826 bits per heavy atom. The van der Waals surface area contributed by atoms with Crippen LogP contribution in [0.4, 0.5) is 0 Å². The van der Waals surface area contributed by atoms with E-state index in [1.807, 2.05) is 0 Å². The number of nitrogens with two attached hydrogens (primary N) is 1. The quantitative estimate of drug-likeness (QED) is 0.0479. The second-order valence-corrected chi connectivity index (χ2v) is 13.6. The third-order valence-corrected chi connectivity index (χ3v) is 8.65. The van der Waals surface area contributed by atoms with Crippen LogP contribution in [0, 0.1) is 0 Å². The minimum atomic E-state index is -0.833. The number of carboxylic acids is 2. The van der Waals surface area contributed by atoms with E-state index in [1.54, 1.807) is 0 Å². The van der Waals surface area contributed by atoms with Gasteiger partial charge in [-0.3, -0.25) is 14.5 Å². The van der Waals surface area contributed by atoms with Gasteiger partial charge in [-0.05, 0) is 32.4 Å². The molecule has 1 atom stereocenters. The van der Waals surface area contributed by atoms with Crippen LogP contribution in [0.25, 0.3) is 0 Å². The molecule has 0 amide bonds. The largest absolute Gasteiger partial charge is 0.481 e. The first-order chi connectivity index (χ1) is 22.2. The molecule has 0 bridgehead atoms. The van der Waals surface area contributed by atoms with E-state index in [2.05, 4.69) is 25.7 Å². The number of aliphatic carboxylic acids is 2. The summed E-state index contributed by atoms with van der Waals surface area (Å²) in [7, 11) is 0. The maximum absolute atomic E-state index is 9.00. The second kappa shape index (κ2) is 43.9. The Labute approximate surface area is 288 Å². The number of hydrogen-bond acceptors (Lipinski definition) is 4. The molecule has 0 aromatic heterocycles. The molecule has 0 aromatic rings. The molecule has 1 unspecified atom stereocenters. The maximum Gasteiger partial charge on any atom is 0.300 e. The van der Waals surface area contributed by atoms with Gasteiger partial charge in [0.15, 0.2) is 0 Å². The Morgan fingerprint density at radius 2 is 0.630 bits per heavy atom. The fourth-order valence-corrected chi connectivity index (χ4v) is 5.94. The van der Waals surface area contributed by atoms with Crippen molar-refractivity contribution >= 4 is 11.9 Å². The van der Waals surface area contributed by atoms with Gasteiger partial charge < -0.3 is 15.9 Å². The molecule has 0 saturated heterocycles. The van der Waals surface area contributed by atoms with Gasteiger partial charge in [0.05, 0.1) is 6.17 Å². The molecule has 278 valence electrons. The van der Waals surface area contributed by atoms with Gasteiger partial charge in [0, 0.05) is 13.8 Å². The normalized spacial score (nSPS) is 11.5. The lowest BCUT2D eigenvalue weighted by Gasteiger charge is -2.29. The molecule has 0 radical (unpaired) electrons. The van der Waals surface area contributed by atoms with Crippen molar-refractivity contribution in [3.63, 3.8) is 0 Å². The Bertz CT molecular complexity index is 536. The van der Waals surface area contributed by atoms with Crippen LogP contribution in [0.2, 0.25) is 0 Å². The Kier molecular flexibility index (Phi) is 47.0. The summed E-state index contributed by atoms with van der Waals surface area (Å²) in [5.41, 5.74) is 6.56. The number of rotatable bonds is 33. The van der Waals surface area contributed by atoms with Crippen molar-refractivity contribution in [3.8, 4) is 0 Å². The molecule has 0 rings (SSSR count). The molecule has 0 saturated carbocycles. The van der Waals surface area contributed by atoms with Crippen LogP contribution in [0.3, 0.4) is 0 Å². The molecule has 0 aromatic carbocycles. The predicted octanol–water partition coefficient (Wildman–Crippen LogP) is 12.5. The van der Waals surface area contributed by atoms with Crippen LogP contribution in [0.5, 0.6) is 0 Å². The van der Waals surface area contributed by atoms with E-state index in [0.29, 0.717) is 0 Å². The lowest BCUT2D eigenvalue weighted by molar-refractivity contribution is -0.135. The molecular formula is C40H84N2O4. The summed E-state index contributed by atoms with van der Waals surface area (Å²) >= 11 is 0. The third-order valence-electron chi connectivity index (χ3n) is 8.65. The zero-order valence-electron chi connectivity index (χ0n) is 31.9. The Balaban J connectivity index is -0.00000205. The lowest BCUT2D eigenvalue weighted by Crippen LogP contribution is -2.43. The third kappa shape index (κ3) is 52.4. The van der Waals surface area contributed by atoms with Crippen molar-refractivity contribution < 1.29 is 19.8 Å². The van der Waals surface area contributed by atoms with Crippen molar-refractivity contribution in [2.75, 3.05) is 13.1 Å². The Morgan fingerprint density at radius 1 is 0.435 bits per heavy atom. The molecule has 0 fully saturated rings. The molecule has 46 heavy (non-hydrogen) atoms. The average molecular weight is 657 g/mol. The van der Waals surface area contributed by atoms with Crippen molar-refractivity contribution in [3.05, 3.63) is 0 Å². The summed E-state index contributed by atoms with van der Waals surface area (Å²) in [6.07, 6.45) is 42.8. The SMILES string of the molecule is CC(=O)O.CC(=O)O.CCCCCCCCCCCCCCCCN(CCCCCCCCCCCCCCCC)C(N)CCC. The van der Waals surface area contributed by atoms with Crippen LogP contribution in [-0.4, -0.2) is 46.3 Å². The molecule has 0 aliphatic carbocycles. The topological polar surface area (TPSA) is 104 Å². The average Bonchev–Trinajstić information content (AvgIpc) is 3.00. The monoisotopic (exact) mass is 657 g/mol. The van der Waals surface area contributed by atoms with E-state index < -0.39 is 11.9 Å². The van der Waals surface area contributed by atoms with E-state index in [4.69, 9.17) is 25.5 Å². The molecule has 0 spiro atoms. The zero-order valence-corrected chi connectivity index (χ0v) is 31.9. The van der Waals surface area contributed by atoms with E-state index in [9.17, 15) is 0 Å². The van der Waals surface area contributed by atoms with Gasteiger partial charge in [-0.15, -0.1) is 0 Å². The molecule has 4 N–H and O–H groups in total. The molecule has 0 aliphatic rings. The van der Waals surface area contributed by atoms with E-state index in [-0.39, 0.29) is 6.17 Å². The van der Waals surface area contributed by atoms with Gasteiger partial charge in [0.2, 0.25) is 0 Å². The van der Waals surface area contributed by atoms with Gasteiger partial charge in [-0.2, -0.15) is 0 Å². The van der Waals surface area contributed by atoms with Crippen LogP contribution >= 0.6 is 0 Å². The minimum Gasteiger partial charge on any atom is -0.481 e. The van der Waals surface area contributed by atoms with Crippen LogP contribution in [0.1, 0.15) is 227 Å². The van der Waals surface area contributed by atoms with E-state index in [1.165, 1.54) is 199 Å². The van der Waals surface area contributed by atoms with E-state index in [0.717, 1.165) is 20.3 Å². The summed E-state index contributed by atoms with van der Waals surface area (Å²) in [6, 6.07) is 0. The number of carboxylic acid groups (broad SMARTS) is 2. The standard InChI is InChI=1S/C36H76N2.2C2H4O2/c1-4-7-9-11-13-15-17-19-21-23-25-27-29-31-34-38(36(37)33-6-3)35-32-30-28-26-24-22-20-18-16-14-12-10-8-5-2;2*1-2(3)4/h36H,4-35,37H2,1-3H3;2*1H3,(H,3,4). The maximum atomic E-state index is 9.00. The highest BCUT2D eigenvalue weighted by atomic mass is 16.4. The fraction of sp³-hybridized carbons (Fsp3) is 0.950. The summed E-state index contributed by atoms with van der Waals surface area (Å²) in [5, 5.41) is 14.8. The lowest BCUT2D eigenvalue weighted by atomic mass is 10.0. The van der Waals surface area contributed by atoms with Crippen molar-refractivity contribution in [2.24, 2.45) is 5.73 Å². The number of hydrogen-bond donors (Lipinski definition) is 3. The minimum absolute atomic E-state index is 0.281. The Hall–Kier alpha value is -1.14. The van der Waals surface area contributed by atoms with Gasteiger partial charge in [0.25, 0.3) is 11.9 Å². The van der Waals surface area contributed by atoms with Gasteiger partial charge in [-0.1, -0.05) is 194 Å². The van der Waals surface area contributed by atoms with Gasteiger partial charge in [0.1, 0.15) is 0 Å². The van der Waals surface area contributed by atoms with Gasteiger partial charge >= 0.3 is 0 Å². The number of nitrogens with zero attached hydrogens (tertiary/aromatic N) is 1. The smallest absolute Gasteiger partial charge is 0.300 e. The van der Waals surface area contributed by atoms with Crippen molar-refractivity contribution in [2.45, 2.75) is 233 Å². The van der Waals surface area contributed by atoms with Crippen LogP contribution < -0.4 is 5.73 Å². The molecule has 0 heterocycles. The first-order valence-electron chi connectivity index (χ1n) is 20.1. The summed E-state index contributed by atoms with van der Waals surface area (Å²) in [6.45, 7) is 11.5. The van der Waals surface area contributed by atoms with E-state index >= 15 is 0 Å². The summed E-state index contributed by atoms with van der Waals surface area (Å²) in [4.78, 5) is 20.6. The highest BCUT2D eigenvalue weighted by Crippen LogP contribution is 2.16. The van der Waals surface area contributed by atoms with Crippen molar-refractivity contribution in [1.29, 1.82) is 0 Å². The fourth-order valence-electron chi connectivity index (χ4n) is 5.94. The van der Waals surface area contributed by atoms with Crippen molar-refractivity contribution in [1.82, 2.24) is 4.90 Å². The highest BCUT2D eigenvalue weighted by molar-refractivity contribution is 5.63. The highest BCUT2D eigenvalue weighted by Gasteiger charge is 2.12. The number of unbranched alkanes of at least 4 members (excludes halogenated alkanes) is 26. The van der Waals surface area contributed by atoms with Crippen LogP contribution in [0.15, 0.2) is 0 Å². The first-order valence-corrected chi connectivity index (χ1v) is 20.1. The zero-order chi connectivity index (χ0) is 34.9. The molecule has 0 aliphatic heterocycles. The molecule has 6 heteroatoms. The van der Waals surface area contributed by atoms with Crippen LogP contribution in [-0.2, 0) is 9.59 Å². The second-order valence-electron chi connectivity index (χ2n) is 13.6. The predicted molar refractivity (Wildman–Crippen MR) is 202 cm³/mol. The summed E-state index contributed by atoms with van der Waals surface area (Å²) in [5.74, 6) is -1.67. The number of carbonyl (C=O) groups is 2. The van der Waals surface area contributed by atoms with Gasteiger partial charge in [-0.25, -0.2) is 0 Å². The summed E-state index contributed by atoms with van der Waals surface area (Å²) < 4.78 is 0. The molecular weight excluding hydrogens is 572 g/mol. The first kappa shape index (κ1) is 49.2.